The quantitative estimate of drug-likeness (QED) is 0.873. The molecule has 1 aromatic heterocycles. The van der Waals surface area contributed by atoms with Crippen LogP contribution in [0.5, 0.6) is 0 Å². The SMILES string of the molecule is O=C(Nc1ccccc1Br)N1CCCN(Cc2cccnc2)CC1. The van der Waals surface area contributed by atoms with Crippen LogP contribution < -0.4 is 5.32 Å². The number of rotatable bonds is 3. The third-order valence-electron chi connectivity index (χ3n) is 4.12. The molecule has 0 saturated carbocycles. The lowest BCUT2D eigenvalue weighted by Gasteiger charge is -2.22. The molecule has 1 saturated heterocycles. The summed E-state index contributed by atoms with van der Waals surface area (Å²) in [5, 5.41) is 2.98. The average Bonchev–Trinajstić information content (AvgIpc) is 2.83. The Labute approximate surface area is 150 Å². The molecule has 1 aliphatic rings. The van der Waals surface area contributed by atoms with Crippen molar-refractivity contribution in [3.8, 4) is 0 Å². The summed E-state index contributed by atoms with van der Waals surface area (Å²) >= 11 is 3.46. The largest absolute Gasteiger partial charge is 0.323 e. The standard InChI is InChI=1S/C18H21BrN4O/c19-16-6-1-2-7-17(16)21-18(24)23-10-4-9-22(11-12-23)14-15-5-3-8-20-13-15/h1-3,5-8,13H,4,9-12,14H2,(H,21,24). The van der Waals surface area contributed by atoms with Crippen molar-refractivity contribution < 1.29 is 4.79 Å². The minimum absolute atomic E-state index is 0.0369. The highest BCUT2D eigenvalue weighted by Gasteiger charge is 2.19. The summed E-state index contributed by atoms with van der Waals surface area (Å²) in [6.07, 6.45) is 4.67. The van der Waals surface area contributed by atoms with E-state index in [4.69, 9.17) is 0 Å². The Morgan fingerprint density at radius 3 is 2.79 bits per heavy atom. The highest BCUT2D eigenvalue weighted by molar-refractivity contribution is 9.10. The van der Waals surface area contributed by atoms with Crippen LogP contribution in [0.3, 0.4) is 0 Å². The topological polar surface area (TPSA) is 48.5 Å². The lowest BCUT2D eigenvalue weighted by molar-refractivity contribution is 0.211. The van der Waals surface area contributed by atoms with Gasteiger partial charge in [-0.05, 0) is 46.1 Å². The number of nitrogens with zero attached hydrogens (tertiary/aromatic N) is 3. The van der Waals surface area contributed by atoms with Crippen LogP contribution in [-0.2, 0) is 6.54 Å². The Morgan fingerprint density at radius 1 is 1.12 bits per heavy atom. The molecular formula is C18H21BrN4O. The van der Waals surface area contributed by atoms with E-state index in [1.807, 2.05) is 41.4 Å². The Bertz CT molecular complexity index is 680. The number of halogens is 1. The van der Waals surface area contributed by atoms with E-state index in [0.717, 1.165) is 49.3 Å². The lowest BCUT2D eigenvalue weighted by atomic mass is 10.2. The average molecular weight is 389 g/mol. The second-order valence-corrected chi connectivity index (χ2v) is 6.74. The molecule has 0 bridgehead atoms. The minimum Gasteiger partial charge on any atom is -0.323 e. The van der Waals surface area contributed by atoms with Gasteiger partial charge >= 0.3 is 6.03 Å². The molecule has 6 heteroatoms. The Morgan fingerprint density at radius 2 is 2.00 bits per heavy atom. The number of para-hydroxylation sites is 1. The molecule has 1 aromatic carbocycles. The highest BCUT2D eigenvalue weighted by atomic mass is 79.9. The van der Waals surface area contributed by atoms with E-state index < -0.39 is 0 Å². The molecule has 0 aliphatic carbocycles. The van der Waals surface area contributed by atoms with Gasteiger partial charge in [0.2, 0.25) is 0 Å². The van der Waals surface area contributed by atoms with Crippen molar-refractivity contribution in [2.75, 3.05) is 31.5 Å². The summed E-state index contributed by atoms with van der Waals surface area (Å²) in [4.78, 5) is 20.9. The highest BCUT2D eigenvalue weighted by Crippen LogP contribution is 2.21. The van der Waals surface area contributed by atoms with E-state index in [2.05, 4.69) is 37.2 Å². The number of carbonyl (C=O) groups excluding carboxylic acids is 1. The maximum Gasteiger partial charge on any atom is 0.321 e. The second-order valence-electron chi connectivity index (χ2n) is 5.89. The van der Waals surface area contributed by atoms with Crippen LogP contribution in [0.4, 0.5) is 10.5 Å². The molecule has 2 heterocycles. The van der Waals surface area contributed by atoms with Crippen molar-refractivity contribution in [3.05, 3.63) is 58.8 Å². The summed E-state index contributed by atoms with van der Waals surface area (Å²) in [6.45, 7) is 4.26. The van der Waals surface area contributed by atoms with E-state index >= 15 is 0 Å². The molecule has 0 radical (unpaired) electrons. The first kappa shape index (κ1) is 16.9. The fourth-order valence-electron chi connectivity index (χ4n) is 2.84. The van der Waals surface area contributed by atoms with Gasteiger partial charge in [-0.25, -0.2) is 4.79 Å². The van der Waals surface area contributed by atoms with E-state index in [0.29, 0.717) is 0 Å². The van der Waals surface area contributed by atoms with Crippen LogP contribution in [0, 0.1) is 0 Å². The summed E-state index contributed by atoms with van der Waals surface area (Å²) in [5.74, 6) is 0. The fourth-order valence-corrected chi connectivity index (χ4v) is 3.22. The van der Waals surface area contributed by atoms with E-state index in [1.54, 1.807) is 6.20 Å². The third-order valence-corrected chi connectivity index (χ3v) is 4.81. The summed E-state index contributed by atoms with van der Waals surface area (Å²) in [5.41, 5.74) is 2.02. The van der Waals surface area contributed by atoms with Crippen LogP contribution in [0.2, 0.25) is 0 Å². The van der Waals surface area contributed by atoms with Crippen LogP contribution in [0.1, 0.15) is 12.0 Å². The zero-order valence-electron chi connectivity index (χ0n) is 13.5. The van der Waals surface area contributed by atoms with Crippen LogP contribution in [0.25, 0.3) is 0 Å². The van der Waals surface area contributed by atoms with Gasteiger partial charge in [0.25, 0.3) is 0 Å². The predicted molar refractivity (Wildman–Crippen MR) is 98.9 cm³/mol. The summed E-state index contributed by atoms with van der Waals surface area (Å²) in [6, 6.07) is 11.7. The molecular weight excluding hydrogens is 368 g/mol. The lowest BCUT2D eigenvalue weighted by Crippen LogP contribution is -2.38. The number of pyridine rings is 1. The Kier molecular flexibility index (Phi) is 5.82. The van der Waals surface area contributed by atoms with Crippen molar-refractivity contribution in [1.29, 1.82) is 0 Å². The third kappa shape index (κ3) is 4.55. The van der Waals surface area contributed by atoms with Gasteiger partial charge in [-0.2, -0.15) is 0 Å². The predicted octanol–water partition coefficient (Wildman–Crippen LogP) is 3.58. The summed E-state index contributed by atoms with van der Waals surface area (Å²) in [7, 11) is 0. The monoisotopic (exact) mass is 388 g/mol. The molecule has 24 heavy (non-hydrogen) atoms. The van der Waals surface area contributed by atoms with Gasteiger partial charge in [0.15, 0.2) is 0 Å². The van der Waals surface area contributed by atoms with Crippen LogP contribution in [0.15, 0.2) is 53.3 Å². The Hall–Kier alpha value is -1.92. The molecule has 0 spiro atoms. The molecule has 0 atom stereocenters. The van der Waals surface area contributed by atoms with Gasteiger partial charge in [0, 0.05) is 49.6 Å². The molecule has 1 N–H and O–H groups in total. The maximum absolute atomic E-state index is 12.5. The number of carbonyl (C=O) groups is 1. The molecule has 0 unspecified atom stereocenters. The first-order valence-electron chi connectivity index (χ1n) is 8.14. The van der Waals surface area contributed by atoms with Gasteiger partial charge in [0.05, 0.1) is 5.69 Å². The first-order valence-corrected chi connectivity index (χ1v) is 8.93. The number of hydrogen-bond donors (Lipinski definition) is 1. The number of amides is 2. The zero-order valence-corrected chi connectivity index (χ0v) is 15.1. The number of benzene rings is 1. The normalized spacial score (nSPS) is 15.8. The van der Waals surface area contributed by atoms with E-state index in [1.165, 1.54) is 5.56 Å². The maximum atomic E-state index is 12.5. The summed E-state index contributed by atoms with van der Waals surface area (Å²) < 4.78 is 0.895. The fraction of sp³-hybridized carbons (Fsp3) is 0.333. The van der Waals surface area contributed by atoms with Gasteiger partial charge < -0.3 is 10.2 Å². The number of urea groups is 1. The van der Waals surface area contributed by atoms with Crippen molar-refractivity contribution in [3.63, 3.8) is 0 Å². The van der Waals surface area contributed by atoms with Gasteiger partial charge in [-0.15, -0.1) is 0 Å². The van der Waals surface area contributed by atoms with Gasteiger partial charge in [-0.1, -0.05) is 18.2 Å². The van der Waals surface area contributed by atoms with Crippen LogP contribution in [-0.4, -0.2) is 47.0 Å². The molecule has 1 fully saturated rings. The van der Waals surface area contributed by atoms with Gasteiger partial charge in [-0.3, -0.25) is 9.88 Å². The molecule has 126 valence electrons. The smallest absolute Gasteiger partial charge is 0.321 e. The molecule has 2 aromatic rings. The molecule has 1 aliphatic heterocycles. The zero-order chi connectivity index (χ0) is 16.8. The minimum atomic E-state index is -0.0369. The first-order chi connectivity index (χ1) is 11.7. The van der Waals surface area contributed by atoms with Gasteiger partial charge in [0.1, 0.15) is 0 Å². The number of anilines is 1. The van der Waals surface area contributed by atoms with Crippen molar-refractivity contribution in [1.82, 2.24) is 14.8 Å². The number of hydrogen-bond acceptors (Lipinski definition) is 3. The Balaban J connectivity index is 1.55. The van der Waals surface area contributed by atoms with Crippen molar-refractivity contribution in [2.24, 2.45) is 0 Å². The molecule has 3 rings (SSSR count). The van der Waals surface area contributed by atoms with Crippen molar-refractivity contribution >= 4 is 27.6 Å². The second kappa shape index (κ2) is 8.26. The van der Waals surface area contributed by atoms with E-state index in [-0.39, 0.29) is 6.03 Å². The van der Waals surface area contributed by atoms with Crippen molar-refractivity contribution in [2.45, 2.75) is 13.0 Å². The number of aromatic nitrogens is 1. The van der Waals surface area contributed by atoms with Crippen LogP contribution >= 0.6 is 15.9 Å². The van der Waals surface area contributed by atoms with E-state index in [9.17, 15) is 4.79 Å². The molecule has 2 amide bonds. The number of nitrogens with one attached hydrogen (secondary N) is 1. The molecule has 5 nitrogen and oxygen atoms in total.